The van der Waals surface area contributed by atoms with Crippen molar-refractivity contribution in [1.82, 2.24) is 19.4 Å². The third-order valence-electron chi connectivity index (χ3n) is 9.80. The molecule has 2 aromatic rings. The maximum atomic E-state index is 12.7. The number of nitrogens with one attached hydrogen (secondary N) is 1. The van der Waals surface area contributed by atoms with E-state index in [1.807, 2.05) is 22.7 Å². The molecule has 3 fully saturated rings. The number of amides is 1. The summed E-state index contributed by atoms with van der Waals surface area (Å²) in [6.07, 6.45) is 15.0. The highest BCUT2D eigenvalue weighted by molar-refractivity contribution is 5.97. The first-order valence-corrected chi connectivity index (χ1v) is 14.8. The van der Waals surface area contributed by atoms with Gasteiger partial charge in [-0.3, -0.25) is 9.69 Å². The van der Waals surface area contributed by atoms with Crippen LogP contribution in [0.2, 0.25) is 0 Å². The lowest BCUT2D eigenvalue weighted by molar-refractivity contribution is -0.136. The number of allylic oxidation sites excluding steroid dienone is 3. The van der Waals surface area contributed by atoms with Crippen LogP contribution in [0.4, 0.5) is 5.69 Å². The minimum absolute atomic E-state index is 0.0258. The lowest BCUT2D eigenvalue weighted by Gasteiger charge is -2.46. The number of hydrogen-bond acceptors (Lipinski definition) is 7. The Morgan fingerprint density at radius 3 is 2.58 bits per heavy atom. The van der Waals surface area contributed by atoms with Crippen molar-refractivity contribution in [2.45, 2.75) is 50.7 Å². The van der Waals surface area contributed by atoms with Crippen molar-refractivity contribution >= 4 is 28.4 Å². The quantitative estimate of drug-likeness (QED) is 0.554. The molecule has 2 atom stereocenters. The van der Waals surface area contributed by atoms with Gasteiger partial charge in [0.2, 0.25) is 5.91 Å². The highest BCUT2D eigenvalue weighted by Gasteiger charge is 2.41. The summed E-state index contributed by atoms with van der Waals surface area (Å²) in [5, 5.41) is 21.8. The predicted octanol–water partition coefficient (Wildman–Crippen LogP) is 3.23. The molecule has 9 nitrogen and oxygen atoms in total. The maximum absolute atomic E-state index is 12.7. The summed E-state index contributed by atoms with van der Waals surface area (Å²) >= 11 is 0. The van der Waals surface area contributed by atoms with Crippen LogP contribution in [0.1, 0.15) is 44.6 Å². The van der Waals surface area contributed by atoms with Crippen LogP contribution in [0.5, 0.6) is 0 Å². The minimum atomic E-state index is -0.158. The van der Waals surface area contributed by atoms with Crippen molar-refractivity contribution in [3.05, 3.63) is 48.3 Å². The van der Waals surface area contributed by atoms with Gasteiger partial charge in [-0.2, -0.15) is 5.10 Å². The Bertz CT molecular complexity index is 1310. The Balaban J connectivity index is 1.12. The predicted molar refractivity (Wildman–Crippen MR) is 157 cm³/mol. The Hall–Kier alpha value is -3.01. The largest absolute Gasteiger partial charge is 0.395 e. The molecule has 1 unspecified atom stereocenters. The van der Waals surface area contributed by atoms with Gasteiger partial charge in [0, 0.05) is 87.9 Å². The first kappa shape index (κ1) is 27.2. The molecule has 4 heterocycles. The second-order valence-electron chi connectivity index (χ2n) is 12.0. The number of aromatic nitrogens is 2. The van der Waals surface area contributed by atoms with E-state index in [2.05, 4.69) is 58.4 Å². The second kappa shape index (κ2) is 11.1. The van der Waals surface area contributed by atoms with Crippen LogP contribution >= 0.6 is 0 Å². The number of anilines is 1. The number of fused-ring (bicyclic) bond motifs is 1. The molecule has 2 aliphatic carbocycles. The zero-order valence-corrected chi connectivity index (χ0v) is 23.8. The van der Waals surface area contributed by atoms with Crippen molar-refractivity contribution in [3.8, 4) is 0 Å². The Labute approximate surface area is 236 Å². The number of nitrogens with zero attached hydrogens (tertiary/aromatic N) is 5. The smallest absolute Gasteiger partial charge is 0.226 e. The zero-order chi connectivity index (χ0) is 27.9. The van der Waals surface area contributed by atoms with E-state index < -0.39 is 0 Å². The molecule has 0 radical (unpaired) electrons. The number of carbonyl (C=O) groups is 1. The normalized spacial score (nSPS) is 26.1. The molecule has 0 spiro atoms. The topological polar surface area (TPSA) is 97.4 Å². The fraction of sp³-hybridized carbons (Fsp3) is 0.581. The van der Waals surface area contributed by atoms with E-state index in [4.69, 9.17) is 10.1 Å². The number of hydrogen-bond donors (Lipinski definition) is 2. The maximum Gasteiger partial charge on any atom is 0.226 e. The van der Waals surface area contributed by atoms with E-state index in [-0.39, 0.29) is 30.1 Å². The number of aliphatic hydroxyl groups is 1. The van der Waals surface area contributed by atoms with Gasteiger partial charge >= 0.3 is 0 Å². The number of rotatable bonds is 7. The Morgan fingerprint density at radius 1 is 1.20 bits per heavy atom. The molecule has 40 heavy (non-hydrogen) atoms. The van der Waals surface area contributed by atoms with E-state index >= 15 is 0 Å². The van der Waals surface area contributed by atoms with Crippen LogP contribution in [0.15, 0.2) is 42.8 Å². The third kappa shape index (κ3) is 4.99. The summed E-state index contributed by atoms with van der Waals surface area (Å²) in [5.74, 6) is 0.580. The number of carbonyl (C=O) groups excluding carboxylic acids is 1. The highest BCUT2D eigenvalue weighted by Crippen LogP contribution is 2.40. The van der Waals surface area contributed by atoms with E-state index in [1.165, 1.54) is 5.57 Å². The fourth-order valence-corrected chi connectivity index (χ4v) is 6.97. The molecule has 2 saturated heterocycles. The van der Waals surface area contributed by atoms with Gasteiger partial charge in [0.25, 0.3) is 0 Å². The van der Waals surface area contributed by atoms with Gasteiger partial charge in [-0.05, 0) is 56.7 Å². The lowest BCUT2D eigenvalue weighted by Crippen LogP contribution is -2.52. The molecule has 2 aliphatic heterocycles. The summed E-state index contributed by atoms with van der Waals surface area (Å²) in [5.41, 5.74) is 5.15. The van der Waals surface area contributed by atoms with Crippen LogP contribution in [0.3, 0.4) is 0 Å². The van der Waals surface area contributed by atoms with E-state index in [0.29, 0.717) is 24.5 Å². The van der Waals surface area contributed by atoms with Crippen molar-refractivity contribution in [2.75, 3.05) is 57.9 Å². The number of likely N-dealkylation sites (tertiary alicyclic amines) is 1. The van der Waals surface area contributed by atoms with E-state index in [0.717, 1.165) is 75.3 Å². The highest BCUT2D eigenvalue weighted by atomic mass is 16.5. The second-order valence-corrected chi connectivity index (χ2v) is 12.0. The van der Waals surface area contributed by atoms with E-state index in [9.17, 15) is 9.90 Å². The molecule has 6 rings (SSSR count). The third-order valence-corrected chi connectivity index (χ3v) is 9.80. The van der Waals surface area contributed by atoms with Gasteiger partial charge in [-0.25, -0.2) is 4.52 Å². The lowest BCUT2D eigenvalue weighted by atomic mass is 9.75. The van der Waals surface area contributed by atoms with Crippen molar-refractivity contribution in [2.24, 2.45) is 11.8 Å². The van der Waals surface area contributed by atoms with Crippen LogP contribution < -0.4 is 4.90 Å². The molecule has 2 N–H and O–H groups in total. The van der Waals surface area contributed by atoms with Crippen LogP contribution in [-0.4, -0.2) is 101 Å². The summed E-state index contributed by atoms with van der Waals surface area (Å²) in [4.78, 5) is 19.4. The molecule has 2 aromatic heterocycles. The molecule has 1 amide bonds. The molecule has 0 aromatic carbocycles. The summed E-state index contributed by atoms with van der Waals surface area (Å²) < 4.78 is 8.15. The zero-order valence-electron chi connectivity index (χ0n) is 23.8. The van der Waals surface area contributed by atoms with Gasteiger partial charge < -0.3 is 25.1 Å². The van der Waals surface area contributed by atoms with Crippen LogP contribution in [0.25, 0.3) is 11.1 Å². The fourth-order valence-electron chi connectivity index (χ4n) is 6.97. The van der Waals surface area contributed by atoms with Crippen molar-refractivity contribution in [1.29, 1.82) is 5.41 Å². The average Bonchev–Trinajstić information content (AvgIpc) is 3.44. The van der Waals surface area contributed by atoms with Gasteiger partial charge in [0.05, 0.1) is 23.4 Å². The summed E-state index contributed by atoms with van der Waals surface area (Å²) in [6.45, 7) is 7.22. The standard InChI is InChI=1S/C31H42N6O3/c1-22(21-38)34-11-8-31(40-2,9-12-34)26-5-3-23(4-6-26)25-19-29-28(7-10-33-37(29)20-25)35-13-15-36(16-14-35)30(39)24-17-27(32)18-24/h3-5,7,10,19-20,22,24,26,32,38H,6,8-9,11-18,21H2,1-2H3/t22-,24?,26?/m1/s1. The number of piperazine rings is 1. The van der Waals surface area contributed by atoms with Crippen LogP contribution in [-0.2, 0) is 9.53 Å². The molecule has 4 aliphatic rings. The van der Waals surface area contributed by atoms with Crippen LogP contribution in [0, 0.1) is 17.2 Å². The molecular formula is C31H42N6O3. The van der Waals surface area contributed by atoms with Gasteiger partial charge in [-0.1, -0.05) is 18.2 Å². The van der Waals surface area contributed by atoms with Gasteiger partial charge in [0.1, 0.15) is 0 Å². The Morgan fingerprint density at radius 2 is 1.95 bits per heavy atom. The van der Waals surface area contributed by atoms with Gasteiger partial charge in [-0.15, -0.1) is 0 Å². The number of piperidine rings is 1. The minimum Gasteiger partial charge on any atom is -0.395 e. The van der Waals surface area contributed by atoms with E-state index in [1.54, 1.807) is 0 Å². The van der Waals surface area contributed by atoms with Gasteiger partial charge in [0.15, 0.2) is 0 Å². The number of aliphatic hydroxyl groups excluding tert-OH is 1. The van der Waals surface area contributed by atoms with Crippen molar-refractivity contribution in [3.63, 3.8) is 0 Å². The average molecular weight is 547 g/mol. The number of ether oxygens (including phenoxy) is 1. The number of methoxy groups -OCH3 is 1. The van der Waals surface area contributed by atoms with Crippen molar-refractivity contribution < 1.29 is 14.6 Å². The molecular weight excluding hydrogens is 504 g/mol. The molecule has 9 heteroatoms. The monoisotopic (exact) mass is 546 g/mol. The summed E-state index contributed by atoms with van der Waals surface area (Å²) in [7, 11) is 1.85. The first-order chi connectivity index (χ1) is 19.4. The SMILES string of the molecule is COC1(C2C=CC(c3cc4c(N5CCN(C(=O)C6CC(=N)C6)CC5)ccnn4c3)=CC2)CCN([C@H](C)CO)CC1. The summed E-state index contributed by atoms with van der Waals surface area (Å²) in [6, 6.07) is 4.51. The first-order valence-electron chi connectivity index (χ1n) is 14.8. The molecule has 0 bridgehead atoms. The Kier molecular flexibility index (Phi) is 7.54. The molecule has 214 valence electrons. The molecule has 1 saturated carbocycles.